The van der Waals surface area contributed by atoms with E-state index in [2.05, 4.69) is 10.6 Å². The standard InChI is InChI=1S/C24H18Cl2N4O6S/c1-36-19-11-4-14(25)12-18(19)30-23(32)20(26)21(24(30)33)28-15-5-2-13(3-6-15)22(31)29-16-7-9-17(10-8-16)37(27,34)35/h2-12,28H,1H3,(H,29,31)(H2,27,34,35). The van der Waals surface area contributed by atoms with Gasteiger partial charge in [-0.1, -0.05) is 23.2 Å². The molecule has 0 saturated heterocycles. The van der Waals surface area contributed by atoms with Gasteiger partial charge in [0.2, 0.25) is 10.0 Å². The largest absolute Gasteiger partial charge is 0.495 e. The molecule has 3 aromatic carbocycles. The molecular weight excluding hydrogens is 543 g/mol. The van der Waals surface area contributed by atoms with Gasteiger partial charge in [-0.3, -0.25) is 14.4 Å². The number of hydrogen-bond donors (Lipinski definition) is 3. The molecule has 37 heavy (non-hydrogen) atoms. The number of hydrogen-bond acceptors (Lipinski definition) is 7. The number of nitrogens with zero attached hydrogens (tertiary/aromatic N) is 1. The highest BCUT2D eigenvalue weighted by atomic mass is 35.5. The monoisotopic (exact) mass is 560 g/mol. The van der Waals surface area contributed by atoms with Crippen LogP contribution in [-0.4, -0.2) is 33.2 Å². The lowest BCUT2D eigenvalue weighted by molar-refractivity contribution is -0.120. The van der Waals surface area contributed by atoms with Crippen molar-refractivity contribution in [1.29, 1.82) is 0 Å². The number of methoxy groups -OCH3 is 1. The van der Waals surface area contributed by atoms with Crippen molar-refractivity contribution in [1.82, 2.24) is 0 Å². The second kappa shape index (κ2) is 10.2. The third-order valence-corrected chi connectivity index (χ3v) is 6.78. The van der Waals surface area contributed by atoms with Crippen LogP contribution in [0.2, 0.25) is 5.02 Å². The number of carbonyl (C=O) groups is 3. The zero-order valence-electron chi connectivity index (χ0n) is 19.0. The summed E-state index contributed by atoms with van der Waals surface area (Å²) in [7, 11) is -2.45. The molecule has 0 radical (unpaired) electrons. The number of imide groups is 1. The maximum absolute atomic E-state index is 13.1. The highest BCUT2D eigenvalue weighted by molar-refractivity contribution is 7.89. The Kier molecular flexibility index (Phi) is 7.23. The Balaban J connectivity index is 1.48. The molecule has 4 rings (SSSR count). The molecule has 4 N–H and O–H groups in total. The van der Waals surface area contributed by atoms with Gasteiger partial charge in [-0.25, -0.2) is 18.5 Å². The van der Waals surface area contributed by atoms with Crippen LogP contribution in [0.15, 0.2) is 82.4 Å². The first-order valence-electron chi connectivity index (χ1n) is 10.4. The van der Waals surface area contributed by atoms with Gasteiger partial charge in [0.25, 0.3) is 17.7 Å². The molecule has 3 amide bonds. The van der Waals surface area contributed by atoms with Crippen LogP contribution in [0.4, 0.5) is 17.1 Å². The molecule has 190 valence electrons. The number of sulfonamides is 1. The fraction of sp³-hybridized carbons (Fsp3) is 0.0417. The summed E-state index contributed by atoms with van der Waals surface area (Å²) in [5, 5.41) is 10.5. The van der Waals surface area contributed by atoms with Crippen molar-refractivity contribution in [3.8, 4) is 5.75 Å². The minimum atomic E-state index is -3.84. The minimum absolute atomic E-state index is 0.0822. The number of benzene rings is 3. The normalized spacial score (nSPS) is 13.7. The van der Waals surface area contributed by atoms with Crippen molar-refractivity contribution in [2.24, 2.45) is 5.14 Å². The van der Waals surface area contributed by atoms with Crippen molar-refractivity contribution >= 4 is 68.0 Å². The molecule has 1 aliphatic rings. The van der Waals surface area contributed by atoms with Gasteiger partial charge in [0.1, 0.15) is 16.5 Å². The molecule has 1 heterocycles. The third kappa shape index (κ3) is 5.44. The lowest BCUT2D eigenvalue weighted by atomic mass is 10.2. The number of primary sulfonamides is 1. The molecule has 0 unspecified atom stereocenters. The third-order valence-electron chi connectivity index (χ3n) is 5.27. The van der Waals surface area contributed by atoms with Gasteiger partial charge in [-0.15, -0.1) is 0 Å². The smallest absolute Gasteiger partial charge is 0.283 e. The maximum atomic E-state index is 13.1. The summed E-state index contributed by atoms with van der Waals surface area (Å²) in [4.78, 5) is 39.2. The predicted octanol–water partition coefficient (Wildman–Crippen LogP) is 3.68. The Morgan fingerprint density at radius 3 is 2.14 bits per heavy atom. The van der Waals surface area contributed by atoms with E-state index in [1.165, 1.54) is 67.8 Å². The van der Waals surface area contributed by atoms with Gasteiger partial charge in [-0.05, 0) is 66.7 Å². The first-order chi connectivity index (χ1) is 17.5. The van der Waals surface area contributed by atoms with E-state index >= 15 is 0 Å². The van der Waals surface area contributed by atoms with Crippen LogP contribution in [0.5, 0.6) is 5.75 Å². The summed E-state index contributed by atoms with van der Waals surface area (Å²) in [6.07, 6.45) is 0. The lowest BCUT2D eigenvalue weighted by Gasteiger charge is -2.18. The number of amides is 3. The number of anilines is 3. The molecule has 10 nitrogen and oxygen atoms in total. The van der Waals surface area contributed by atoms with Gasteiger partial charge in [-0.2, -0.15) is 0 Å². The summed E-state index contributed by atoms with van der Waals surface area (Å²) in [6, 6.07) is 15.9. The average molecular weight is 561 g/mol. The first-order valence-corrected chi connectivity index (χ1v) is 12.7. The van der Waals surface area contributed by atoms with Gasteiger partial charge in [0.15, 0.2) is 0 Å². The number of nitrogens with two attached hydrogens (primary N) is 1. The van der Waals surface area contributed by atoms with E-state index in [1.54, 1.807) is 6.07 Å². The van der Waals surface area contributed by atoms with Crippen molar-refractivity contribution in [2.45, 2.75) is 4.90 Å². The lowest BCUT2D eigenvalue weighted by Crippen LogP contribution is -2.32. The van der Waals surface area contributed by atoms with Crippen LogP contribution in [0.3, 0.4) is 0 Å². The van der Waals surface area contributed by atoms with Gasteiger partial charge in [0.05, 0.1) is 17.7 Å². The van der Waals surface area contributed by atoms with Crippen LogP contribution in [0.25, 0.3) is 0 Å². The van der Waals surface area contributed by atoms with Crippen LogP contribution >= 0.6 is 23.2 Å². The van der Waals surface area contributed by atoms with Crippen molar-refractivity contribution in [3.63, 3.8) is 0 Å². The SMILES string of the molecule is COc1ccc(Cl)cc1N1C(=O)C(Cl)=C(Nc2ccc(C(=O)Nc3ccc(S(N)(=O)=O)cc3)cc2)C1=O. The summed E-state index contributed by atoms with van der Waals surface area (Å²) in [6.45, 7) is 0. The average Bonchev–Trinajstić information content (AvgIpc) is 3.07. The summed E-state index contributed by atoms with van der Waals surface area (Å²) in [5.74, 6) is -1.66. The Morgan fingerprint density at radius 2 is 1.54 bits per heavy atom. The van der Waals surface area contributed by atoms with Gasteiger partial charge in [0, 0.05) is 22.0 Å². The minimum Gasteiger partial charge on any atom is -0.495 e. The summed E-state index contributed by atoms with van der Waals surface area (Å²) < 4.78 is 27.9. The number of rotatable bonds is 7. The van der Waals surface area contributed by atoms with E-state index in [0.717, 1.165) is 4.90 Å². The van der Waals surface area contributed by atoms with Crippen molar-refractivity contribution in [3.05, 3.63) is 88.0 Å². The van der Waals surface area contributed by atoms with Crippen molar-refractivity contribution < 1.29 is 27.5 Å². The first kappa shape index (κ1) is 26.2. The van der Waals surface area contributed by atoms with Crippen LogP contribution in [0, 0.1) is 0 Å². The molecule has 0 atom stereocenters. The number of nitrogens with one attached hydrogen (secondary N) is 2. The maximum Gasteiger partial charge on any atom is 0.283 e. The van der Waals surface area contributed by atoms with E-state index in [9.17, 15) is 22.8 Å². The second-order valence-electron chi connectivity index (χ2n) is 7.68. The number of halogens is 2. The molecule has 0 bridgehead atoms. The van der Waals surface area contributed by atoms with Crippen LogP contribution in [0.1, 0.15) is 10.4 Å². The Hall–Kier alpha value is -3.90. The molecular formula is C24H18Cl2N4O6S. The Morgan fingerprint density at radius 1 is 0.919 bits per heavy atom. The summed E-state index contributed by atoms with van der Waals surface area (Å²) >= 11 is 12.2. The molecule has 0 aromatic heterocycles. The molecule has 3 aromatic rings. The van der Waals surface area contributed by atoms with Gasteiger partial charge < -0.3 is 15.4 Å². The topological polar surface area (TPSA) is 148 Å². The fourth-order valence-electron chi connectivity index (χ4n) is 3.45. The molecule has 0 aliphatic carbocycles. The fourth-order valence-corrected chi connectivity index (χ4v) is 4.34. The summed E-state index contributed by atoms with van der Waals surface area (Å²) in [5.41, 5.74) is 1.02. The zero-order valence-corrected chi connectivity index (χ0v) is 21.3. The van der Waals surface area contributed by atoms with Gasteiger partial charge >= 0.3 is 0 Å². The zero-order chi connectivity index (χ0) is 26.9. The molecule has 1 aliphatic heterocycles. The number of carbonyl (C=O) groups excluding carboxylic acids is 3. The highest BCUT2D eigenvalue weighted by Gasteiger charge is 2.40. The Labute approximate surface area is 221 Å². The molecule has 0 fully saturated rings. The van der Waals surface area contributed by atoms with Crippen LogP contribution < -0.4 is 25.4 Å². The second-order valence-corrected chi connectivity index (χ2v) is 10.1. The quantitative estimate of drug-likeness (QED) is 0.373. The predicted molar refractivity (Wildman–Crippen MR) is 139 cm³/mol. The van der Waals surface area contributed by atoms with E-state index in [1.807, 2.05) is 0 Å². The Bertz CT molecular complexity index is 1560. The highest BCUT2D eigenvalue weighted by Crippen LogP contribution is 2.37. The van der Waals surface area contributed by atoms with E-state index in [-0.39, 0.29) is 32.6 Å². The molecule has 0 saturated carbocycles. The van der Waals surface area contributed by atoms with E-state index < -0.39 is 27.7 Å². The van der Waals surface area contributed by atoms with E-state index in [0.29, 0.717) is 16.4 Å². The molecule has 0 spiro atoms. The van der Waals surface area contributed by atoms with E-state index in [4.69, 9.17) is 33.1 Å². The van der Waals surface area contributed by atoms with Crippen molar-refractivity contribution in [2.75, 3.05) is 22.6 Å². The number of ether oxygens (including phenoxy) is 1. The van der Waals surface area contributed by atoms with Crippen LogP contribution in [-0.2, 0) is 19.6 Å². The molecule has 13 heteroatoms.